The molecular formula is C24H31N3O2. The van der Waals surface area contributed by atoms with Crippen molar-refractivity contribution in [2.24, 2.45) is 0 Å². The molecular weight excluding hydrogens is 362 g/mol. The fourth-order valence-electron chi connectivity index (χ4n) is 3.10. The molecule has 1 fully saturated rings. The summed E-state index contributed by atoms with van der Waals surface area (Å²) in [5.41, 5.74) is 4.98. The Bertz CT molecular complexity index is 855. The highest BCUT2D eigenvalue weighted by atomic mass is 16.2. The van der Waals surface area contributed by atoms with Gasteiger partial charge in [0, 0.05) is 23.8 Å². The van der Waals surface area contributed by atoms with Crippen molar-refractivity contribution in [2.75, 3.05) is 18.4 Å². The molecule has 3 rings (SSSR count). The molecule has 1 saturated carbocycles. The van der Waals surface area contributed by atoms with Gasteiger partial charge in [-0.2, -0.15) is 0 Å². The minimum Gasteiger partial charge on any atom is -0.376 e. The first-order chi connectivity index (χ1) is 13.9. The number of anilines is 1. The van der Waals surface area contributed by atoms with Crippen LogP contribution in [0.25, 0.3) is 0 Å². The van der Waals surface area contributed by atoms with Crippen LogP contribution in [0.3, 0.4) is 0 Å². The number of rotatable bonds is 9. The number of hydrogen-bond acceptors (Lipinski definition) is 3. The van der Waals surface area contributed by atoms with Crippen LogP contribution in [0.5, 0.6) is 0 Å². The number of benzene rings is 2. The zero-order chi connectivity index (χ0) is 20.8. The maximum atomic E-state index is 12.2. The van der Waals surface area contributed by atoms with Crippen molar-refractivity contribution >= 4 is 17.5 Å². The van der Waals surface area contributed by atoms with E-state index < -0.39 is 0 Å². The van der Waals surface area contributed by atoms with Crippen LogP contribution in [-0.4, -0.2) is 30.9 Å². The molecule has 0 radical (unpaired) electrons. The van der Waals surface area contributed by atoms with Gasteiger partial charge in [-0.25, -0.2) is 0 Å². The molecule has 0 bridgehead atoms. The van der Waals surface area contributed by atoms with Crippen LogP contribution in [0.2, 0.25) is 0 Å². The monoisotopic (exact) mass is 393 g/mol. The average Bonchev–Trinajstić information content (AvgIpc) is 3.51. The minimum absolute atomic E-state index is 0.0523. The van der Waals surface area contributed by atoms with Crippen LogP contribution in [0.1, 0.15) is 59.7 Å². The lowest BCUT2D eigenvalue weighted by Gasteiger charge is -2.12. The number of aryl methyl sites for hydroxylation is 1. The van der Waals surface area contributed by atoms with E-state index in [2.05, 4.69) is 54.1 Å². The first-order valence-corrected chi connectivity index (χ1v) is 10.4. The molecule has 5 heteroatoms. The van der Waals surface area contributed by atoms with Gasteiger partial charge in [-0.1, -0.05) is 44.2 Å². The van der Waals surface area contributed by atoms with Gasteiger partial charge in [-0.05, 0) is 60.9 Å². The summed E-state index contributed by atoms with van der Waals surface area (Å²) >= 11 is 0. The van der Waals surface area contributed by atoms with Crippen LogP contribution in [0.4, 0.5) is 5.69 Å². The highest BCUT2D eigenvalue weighted by Gasteiger charge is 2.23. The van der Waals surface area contributed by atoms with E-state index >= 15 is 0 Å². The van der Waals surface area contributed by atoms with E-state index in [0.717, 1.165) is 30.5 Å². The van der Waals surface area contributed by atoms with Gasteiger partial charge in [0.05, 0.1) is 6.54 Å². The molecule has 1 aliphatic rings. The fraction of sp³-hybridized carbons (Fsp3) is 0.417. The molecule has 0 aromatic heterocycles. The second-order valence-electron chi connectivity index (χ2n) is 8.13. The average molecular weight is 394 g/mol. The Labute approximate surface area is 173 Å². The standard InChI is InChI=1S/C24H31N3O2/c1-16(2)19-8-5-18(6-9-19)12-13-25-23(28)15-26-22-14-20(7-4-17(22)3)24(29)27-21-10-11-21/h4-9,14,16,21,26H,10-13,15H2,1-3H3,(H,25,28)(H,27,29). The van der Waals surface area contributed by atoms with Crippen molar-refractivity contribution in [2.45, 2.75) is 52.0 Å². The van der Waals surface area contributed by atoms with E-state index in [9.17, 15) is 9.59 Å². The van der Waals surface area contributed by atoms with Crippen LogP contribution in [0.15, 0.2) is 42.5 Å². The molecule has 2 aromatic rings. The van der Waals surface area contributed by atoms with Crippen LogP contribution in [-0.2, 0) is 11.2 Å². The van der Waals surface area contributed by atoms with Gasteiger partial charge in [0.1, 0.15) is 0 Å². The second kappa shape index (κ2) is 9.59. The van der Waals surface area contributed by atoms with Crippen LogP contribution >= 0.6 is 0 Å². The Balaban J connectivity index is 1.44. The normalized spacial score (nSPS) is 13.2. The first-order valence-electron chi connectivity index (χ1n) is 10.4. The van der Waals surface area contributed by atoms with Crippen molar-refractivity contribution in [1.29, 1.82) is 0 Å². The quantitative estimate of drug-likeness (QED) is 0.607. The third-order valence-corrected chi connectivity index (χ3v) is 5.23. The molecule has 0 aliphatic heterocycles. The molecule has 154 valence electrons. The van der Waals surface area contributed by atoms with E-state index in [4.69, 9.17) is 0 Å². The molecule has 3 N–H and O–H groups in total. The number of carbonyl (C=O) groups excluding carboxylic acids is 2. The number of carbonyl (C=O) groups is 2. The molecule has 0 atom stereocenters. The van der Waals surface area contributed by atoms with Crippen molar-refractivity contribution in [3.8, 4) is 0 Å². The Morgan fingerprint density at radius 2 is 1.79 bits per heavy atom. The molecule has 0 heterocycles. The van der Waals surface area contributed by atoms with Gasteiger partial charge < -0.3 is 16.0 Å². The van der Waals surface area contributed by atoms with Gasteiger partial charge in [-0.3, -0.25) is 9.59 Å². The molecule has 5 nitrogen and oxygen atoms in total. The lowest BCUT2D eigenvalue weighted by Crippen LogP contribution is -2.31. The number of nitrogens with one attached hydrogen (secondary N) is 3. The Morgan fingerprint density at radius 3 is 2.45 bits per heavy atom. The Hall–Kier alpha value is -2.82. The summed E-state index contributed by atoms with van der Waals surface area (Å²) in [5, 5.41) is 9.09. The van der Waals surface area contributed by atoms with Gasteiger partial charge in [0.2, 0.25) is 5.91 Å². The zero-order valence-corrected chi connectivity index (χ0v) is 17.5. The topological polar surface area (TPSA) is 70.2 Å². The van der Waals surface area contributed by atoms with Crippen molar-refractivity contribution in [1.82, 2.24) is 10.6 Å². The summed E-state index contributed by atoms with van der Waals surface area (Å²) in [7, 11) is 0. The smallest absolute Gasteiger partial charge is 0.251 e. The summed E-state index contributed by atoms with van der Waals surface area (Å²) in [5.74, 6) is 0.413. The summed E-state index contributed by atoms with van der Waals surface area (Å²) < 4.78 is 0. The van der Waals surface area contributed by atoms with E-state index in [-0.39, 0.29) is 18.4 Å². The second-order valence-corrected chi connectivity index (χ2v) is 8.13. The SMILES string of the molecule is Cc1ccc(C(=O)NC2CC2)cc1NCC(=O)NCCc1ccc(C(C)C)cc1. The van der Waals surface area contributed by atoms with Gasteiger partial charge in [-0.15, -0.1) is 0 Å². The summed E-state index contributed by atoms with van der Waals surface area (Å²) in [6, 6.07) is 14.4. The van der Waals surface area contributed by atoms with E-state index in [1.165, 1.54) is 11.1 Å². The molecule has 1 aliphatic carbocycles. The first kappa shape index (κ1) is 20.9. The molecule has 29 heavy (non-hydrogen) atoms. The third kappa shape index (κ3) is 6.34. The van der Waals surface area contributed by atoms with Crippen LogP contribution in [0, 0.1) is 6.92 Å². The Morgan fingerprint density at radius 1 is 1.07 bits per heavy atom. The van der Waals surface area contributed by atoms with E-state index in [1.807, 2.05) is 25.1 Å². The van der Waals surface area contributed by atoms with Crippen molar-refractivity contribution < 1.29 is 9.59 Å². The fourth-order valence-corrected chi connectivity index (χ4v) is 3.10. The lowest BCUT2D eigenvalue weighted by atomic mass is 10.0. The minimum atomic E-state index is -0.0592. The molecule has 0 saturated heterocycles. The molecule has 2 aromatic carbocycles. The molecule has 2 amide bonds. The zero-order valence-electron chi connectivity index (χ0n) is 17.5. The van der Waals surface area contributed by atoms with Gasteiger partial charge in [0.15, 0.2) is 0 Å². The van der Waals surface area contributed by atoms with Gasteiger partial charge >= 0.3 is 0 Å². The van der Waals surface area contributed by atoms with E-state index in [1.54, 1.807) is 0 Å². The summed E-state index contributed by atoms with van der Waals surface area (Å²) in [6.07, 6.45) is 2.93. The lowest BCUT2D eigenvalue weighted by molar-refractivity contribution is -0.119. The number of hydrogen-bond donors (Lipinski definition) is 3. The van der Waals surface area contributed by atoms with E-state index in [0.29, 0.717) is 24.1 Å². The van der Waals surface area contributed by atoms with Gasteiger partial charge in [0.25, 0.3) is 5.91 Å². The number of amides is 2. The highest BCUT2D eigenvalue weighted by molar-refractivity contribution is 5.96. The van der Waals surface area contributed by atoms with Crippen molar-refractivity contribution in [3.05, 3.63) is 64.7 Å². The van der Waals surface area contributed by atoms with Crippen LogP contribution < -0.4 is 16.0 Å². The predicted molar refractivity (Wildman–Crippen MR) is 117 cm³/mol. The summed E-state index contributed by atoms with van der Waals surface area (Å²) in [6.45, 7) is 7.10. The maximum absolute atomic E-state index is 12.2. The molecule has 0 unspecified atom stereocenters. The highest BCUT2D eigenvalue weighted by Crippen LogP contribution is 2.21. The third-order valence-electron chi connectivity index (χ3n) is 5.23. The summed E-state index contributed by atoms with van der Waals surface area (Å²) in [4.78, 5) is 24.4. The predicted octanol–water partition coefficient (Wildman–Crippen LogP) is 3.78. The Kier molecular flexibility index (Phi) is 6.91. The largest absolute Gasteiger partial charge is 0.376 e. The maximum Gasteiger partial charge on any atom is 0.251 e. The van der Waals surface area contributed by atoms with Crippen molar-refractivity contribution in [3.63, 3.8) is 0 Å². The molecule has 0 spiro atoms.